The Balaban J connectivity index is 1.58. The Kier molecular flexibility index (Phi) is 4.52. The van der Waals surface area contributed by atoms with Gasteiger partial charge in [-0.15, -0.1) is 0 Å². The van der Waals surface area contributed by atoms with Crippen LogP contribution in [0.4, 0.5) is 0 Å². The highest BCUT2D eigenvalue weighted by Crippen LogP contribution is 2.48. The number of carbonyl (C=O) groups excluding carboxylic acids is 2. The molecule has 4 unspecified atom stereocenters. The van der Waals surface area contributed by atoms with Gasteiger partial charge in [-0.3, -0.25) is 0 Å². The van der Waals surface area contributed by atoms with Gasteiger partial charge >= 0.3 is 17.6 Å². The second-order valence-corrected chi connectivity index (χ2v) is 9.77. The predicted molar refractivity (Wildman–Crippen MR) is 114 cm³/mol. The molecular weight excluding hydrogens is 432 g/mol. The van der Waals surface area contributed by atoms with Crippen molar-refractivity contribution in [1.29, 1.82) is 0 Å². The first-order valence-electron chi connectivity index (χ1n) is 10.9. The van der Waals surface area contributed by atoms with Crippen molar-refractivity contribution in [2.24, 2.45) is 0 Å². The van der Waals surface area contributed by atoms with Crippen LogP contribution in [-0.2, 0) is 28.5 Å². The van der Waals surface area contributed by atoms with E-state index in [0.717, 1.165) is 0 Å². The fourth-order valence-electron chi connectivity index (χ4n) is 4.18. The van der Waals surface area contributed by atoms with Crippen molar-refractivity contribution in [3.63, 3.8) is 0 Å². The van der Waals surface area contributed by atoms with Gasteiger partial charge in [0.15, 0.2) is 23.4 Å². The number of rotatable bonds is 4. The Bertz CT molecular complexity index is 1230. The van der Waals surface area contributed by atoms with Crippen molar-refractivity contribution in [1.82, 2.24) is 0 Å². The van der Waals surface area contributed by atoms with Gasteiger partial charge in [0.2, 0.25) is 0 Å². The van der Waals surface area contributed by atoms with E-state index in [9.17, 15) is 14.4 Å². The standard InChI is InChI=1S/C24H26O9/c1-11-23(5,31-11)20(26)29-18-14-9-13-7-8-17(25)28-15(13)10-16(14)33-22(3,4)19(18)30-21(27)24(6)12(2)32-24/h7-12,18-19H,1-6H3/t11?,12?,18-,19-,23?,24?/m1/s1. The van der Waals surface area contributed by atoms with E-state index in [2.05, 4.69) is 0 Å². The van der Waals surface area contributed by atoms with Gasteiger partial charge in [-0.2, -0.15) is 0 Å². The quantitative estimate of drug-likeness (QED) is 0.387. The molecule has 33 heavy (non-hydrogen) atoms. The fourth-order valence-corrected chi connectivity index (χ4v) is 4.18. The van der Waals surface area contributed by atoms with Crippen LogP contribution in [-0.4, -0.2) is 47.1 Å². The molecule has 1 aromatic carbocycles. The molecule has 0 spiro atoms. The Morgan fingerprint density at radius 1 is 0.909 bits per heavy atom. The van der Waals surface area contributed by atoms with Gasteiger partial charge in [-0.25, -0.2) is 14.4 Å². The molecule has 0 aliphatic carbocycles. The van der Waals surface area contributed by atoms with Crippen molar-refractivity contribution >= 4 is 22.9 Å². The monoisotopic (exact) mass is 458 g/mol. The smallest absolute Gasteiger partial charge is 0.341 e. The molecule has 6 atom stereocenters. The van der Waals surface area contributed by atoms with Crippen LogP contribution in [0, 0.1) is 0 Å². The maximum absolute atomic E-state index is 13.0. The zero-order chi connectivity index (χ0) is 23.9. The highest BCUT2D eigenvalue weighted by Gasteiger charge is 2.61. The maximum Gasteiger partial charge on any atom is 0.341 e. The van der Waals surface area contributed by atoms with Gasteiger partial charge in [0, 0.05) is 23.1 Å². The van der Waals surface area contributed by atoms with Crippen LogP contribution in [0.3, 0.4) is 0 Å². The lowest BCUT2D eigenvalue weighted by atomic mass is 9.87. The van der Waals surface area contributed by atoms with Crippen LogP contribution in [0.25, 0.3) is 11.0 Å². The van der Waals surface area contributed by atoms with Crippen molar-refractivity contribution in [3.05, 3.63) is 40.2 Å². The third-order valence-electron chi connectivity index (χ3n) is 6.95. The SMILES string of the molecule is CC1OC1(C)C(=O)O[C@@H]1c2cc3ccc(=O)oc3cc2OC(C)(C)[C@@H]1OC(=O)C1(C)OC1C. The third-order valence-corrected chi connectivity index (χ3v) is 6.95. The molecule has 0 saturated carbocycles. The number of epoxide rings is 2. The van der Waals surface area contributed by atoms with Crippen molar-refractivity contribution in [3.8, 4) is 5.75 Å². The summed E-state index contributed by atoms with van der Waals surface area (Å²) in [7, 11) is 0. The second kappa shape index (κ2) is 6.80. The number of hydrogen-bond acceptors (Lipinski definition) is 9. The van der Waals surface area contributed by atoms with Gasteiger partial charge in [0.25, 0.3) is 0 Å². The largest absolute Gasteiger partial charge is 0.483 e. The summed E-state index contributed by atoms with van der Waals surface area (Å²) in [5.74, 6) is -0.758. The molecule has 2 fully saturated rings. The summed E-state index contributed by atoms with van der Waals surface area (Å²) < 4.78 is 34.1. The predicted octanol–water partition coefficient (Wildman–Crippen LogP) is 2.81. The molecule has 0 bridgehead atoms. The number of ether oxygens (including phenoxy) is 5. The normalized spacial score (nSPS) is 35.8. The van der Waals surface area contributed by atoms with Crippen molar-refractivity contribution in [2.75, 3.05) is 0 Å². The second-order valence-electron chi connectivity index (χ2n) is 9.77. The molecule has 9 nitrogen and oxygen atoms in total. The van der Waals surface area contributed by atoms with Crippen LogP contribution in [0.2, 0.25) is 0 Å². The van der Waals surface area contributed by atoms with E-state index in [4.69, 9.17) is 28.1 Å². The Hall–Kier alpha value is -2.91. The summed E-state index contributed by atoms with van der Waals surface area (Å²) in [6.45, 7) is 10.3. The van der Waals surface area contributed by atoms with E-state index in [-0.39, 0.29) is 12.2 Å². The zero-order valence-corrected chi connectivity index (χ0v) is 19.3. The van der Waals surface area contributed by atoms with E-state index in [0.29, 0.717) is 22.3 Å². The molecule has 3 aliphatic heterocycles. The van der Waals surface area contributed by atoms with Crippen LogP contribution < -0.4 is 10.4 Å². The first-order chi connectivity index (χ1) is 15.3. The lowest BCUT2D eigenvalue weighted by Gasteiger charge is -2.43. The molecule has 1 aromatic heterocycles. The van der Waals surface area contributed by atoms with E-state index < -0.39 is 46.6 Å². The molecule has 0 N–H and O–H groups in total. The fraction of sp³-hybridized carbons (Fsp3) is 0.542. The summed E-state index contributed by atoms with van der Waals surface area (Å²) in [6.07, 6.45) is -2.52. The molecule has 9 heteroatoms. The van der Waals surface area contributed by atoms with Gasteiger partial charge in [-0.05, 0) is 53.7 Å². The zero-order valence-electron chi connectivity index (χ0n) is 19.3. The number of benzene rings is 1. The van der Waals surface area contributed by atoms with E-state index in [1.165, 1.54) is 6.07 Å². The summed E-state index contributed by atoms with van der Waals surface area (Å²) in [4.78, 5) is 37.6. The Labute approximate surface area is 189 Å². The van der Waals surface area contributed by atoms with Crippen molar-refractivity contribution < 1.29 is 37.7 Å². The summed E-state index contributed by atoms with van der Waals surface area (Å²) >= 11 is 0. The summed E-state index contributed by atoms with van der Waals surface area (Å²) in [5.41, 5.74) is -2.88. The molecular formula is C24H26O9. The van der Waals surface area contributed by atoms with Crippen LogP contribution in [0.15, 0.2) is 33.5 Å². The number of esters is 2. The molecule has 0 radical (unpaired) electrons. The van der Waals surface area contributed by atoms with Gasteiger partial charge in [0.1, 0.15) is 16.9 Å². The number of hydrogen-bond donors (Lipinski definition) is 0. The van der Waals surface area contributed by atoms with Crippen LogP contribution in [0.1, 0.15) is 53.2 Å². The average molecular weight is 458 g/mol. The van der Waals surface area contributed by atoms with E-state index in [1.807, 2.05) is 0 Å². The minimum Gasteiger partial charge on any atom is -0.483 e. The highest BCUT2D eigenvalue weighted by atomic mass is 16.7. The minimum absolute atomic E-state index is 0.280. The molecule has 0 amide bonds. The van der Waals surface area contributed by atoms with Gasteiger partial charge in [0.05, 0.1) is 12.2 Å². The minimum atomic E-state index is -1.08. The Morgan fingerprint density at radius 3 is 2.06 bits per heavy atom. The summed E-state index contributed by atoms with van der Waals surface area (Å²) in [5, 5.41) is 0.608. The van der Waals surface area contributed by atoms with Crippen LogP contribution >= 0.6 is 0 Å². The first-order valence-corrected chi connectivity index (χ1v) is 10.9. The van der Waals surface area contributed by atoms with Crippen molar-refractivity contribution in [2.45, 2.75) is 82.8 Å². The maximum atomic E-state index is 13.0. The topological polar surface area (TPSA) is 117 Å². The van der Waals surface area contributed by atoms with Gasteiger partial charge < -0.3 is 28.1 Å². The number of carbonyl (C=O) groups is 2. The lowest BCUT2D eigenvalue weighted by Crippen LogP contribution is -2.53. The molecule has 2 aromatic rings. The molecule has 2 saturated heterocycles. The Morgan fingerprint density at radius 2 is 1.48 bits per heavy atom. The van der Waals surface area contributed by atoms with Crippen LogP contribution in [0.5, 0.6) is 5.75 Å². The molecule has 4 heterocycles. The number of fused-ring (bicyclic) bond motifs is 2. The average Bonchev–Trinajstić information content (AvgIpc) is 3.57. The molecule has 5 rings (SSSR count). The highest BCUT2D eigenvalue weighted by molar-refractivity contribution is 5.85. The van der Waals surface area contributed by atoms with Gasteiger partial charge in [-0.1, -0.05) is 0 Å². The molecule has 3 aliphatic rings. The van der Waals surface area contributed by atoms with E-state index in [1.54, 1.807) is 59.7 Å². The lowest BCUT2D eigenvalue weighted by molar-refractivity contribution is -0.196. The first kappa shape index (κ1) is 21.9. The molecule has 176 valence electrons. The third kappa shape index (κ3) is 3.41. The summed E-state index contributed by atoms with van der Waals surface area (Å²) in [6, 6.07) is 6.20. The van der Waals surface area contributed by atoms with E-state index >= 15 is 0 Å².